The Morgan fingerprint density at radius 3 is 3.25 bits per heavy atom. The van der Waals surface area contributed by atoms with Crippen molar-refractivity contribution in [2.45, 2.75) is 18.9 Å². The predicted octanol–water partition coefficient (Wildman–Crippen LogP) is 0.804. The summed E-state index contributed by atoms with van der Waals surface area (Å²) < 4.78 is 0. The minimum absolute atomic E-state index is 0.298. The summed E-state index contributed by atoms with van der Waals surface area (Å²) in [4.78, 5) is 6.66. The smallest absolute Gasteiger partial charge is 0.152 e. The Hall–Kier alpha value is -1.49. The molecule has 0 aliphatic carbocycles. The van der Waals surface area contributed by atoms with Crippen LogP contribution in [0.3, 0.4) is 0 Å². The second kappa shape index (κ2) is 3.83. The Bertz CT molecular complexity index is 392. The highest BCUT2D eigenvalue weighted by molar-refractivity contribution is 5.83. The lowest BCUT2D eigenvalue weighted by molar-refractivity contribution is 0.506. The molecule has 1 fully saturated rings. The molecule has 1 aromatic heterocycles. The maximum Gasteiger partial charge on any atom is 0.152 e. The Morgan fingerprint density at radius 2 is 2.38 bits per heavy atom. The van der Waals surface area contributed by atoms with Gasteiger partial charge in [-0.15, -0.1) is 0 Å². The van der Waals surface area contributed by atoms with Crippen molar-refractivity contribution in [3.05, 3.63) is 12.3 Å². The zero-order valence-corrected chi connectivity index (χ0v) is 9.24. The van der Waals surface area contributed by atoms with E-state index in [-0.39, 0.29) is 0 Å². The van der Waals surface area contributed by atoms with Crippen LogP contribution >= 0.6 is 0 Å². The van der Waals surface area contributed by atoms with E-state index < -0.39 is 0 Å². The van der Waals surface area contributed by atoms with Gasteiger partial charge in [-0.1, -0.05) is 0 Å². The molecule has 3 rings (SSSR count). The monoisotopic (exact) mass is 219 g/mol. The van der Waals surface area contributed by atoms with Crippen LogP contribution in [0.25, 0.3) is 0 Å². The average Bonchev–Trinajstić information content (AvgIpc) is 2.76. The third kappa shape index (κ3) is 1.57. The lowest BCUT2D eigenvalue weighted by atomic mass is 10.1. The van der Waals surface area contributed by atoms with Crippen molar-refractivity contribution >= 4 is 17.2 Å². The maximum absolute atomic E-state index is 6.01. The molecule has 3 heterocycles. The molecule has 5 heteroatoms. The van der Waals surface area contributed by atoms with Gasteiger partial charge in [0.1, 0.15) is 5.69 Å². The van der Waals surface area contributed by atoms with Crippen LogP contribution in [-0.2, 0) is 0 Å². The van der Waals surface area contributed by atoms with Crippen molar-refractivity contribution in [3.63, 3.8) is 0 Å². The largest absolute Gasteiger partial charge is 0.368 e. The number of nitrogens with two attached hydrogens (primary N) is 1. The van der Waals surface area contributed by atoms with Crippen LogP contribution in [0.4, 0.5) is 17.2 Å². The Morgan fingerprint density at radius 1 is 1.44 bits per heavy atom. The van der Waals surface area contributed by atoms with E-state index in [1.54, 1.807) is 0 Å². The van der Waals surface area contributed by atoms with Crippen molar-refractivity contribution in [2.75, 3.05) is 35.3 Å². The number of fused-ring (bicyclic) bond motifs is 1. The normalized spacial score (nSPS) is 23.6. The van der Waals surface area contributed by atoms with E-state index in [0.717, 1.165) is 37.7 Å². The van der Waals surface area contributed by atoms with E-state index in [1.807, 2.05) is 6.20 Å². The molecule has 0 aromatic carbocycles. The SMILES string of the molecule is NC1CCCN(c2ccnc3c2NCN3)C1. The second-order valence-corrected chi connectivity index (χ2v) is 4.43. The molecule has 16 heavy (non-hydrogen) atoms. The van der Waals surface area contributed by atoms with Gasteiger partial charge < -0.3 is 21.3 Å². The third-order valence-corrected chi connectivity index (χ3v) is 3.25. The van der Waals surface area contributed by atoms with E-state index in [1.165, 1.54) is 12.1 Å². The first-order valence-electron chi connectivity index (χ1n) is 5.82. The summed E-state index contributed by atoms with van der Waals surface area (Å²) in [5.41, 5.74) is 8.36. The van der Waals surface area contributed by atoms with Gasteiger partial charge in [-0.2, -0.15) is 0 Å². The first-order valence-corrected chi connectivity index (χ1v) is 5.82. The first-order chi connectivity index (χ1) is 7.84. The molecule has 0 bridgehead atoms. The van der Waals surface area contributed by atoms with Crippen LogP contribution in [-0.4, -0.2) is 30.8 Å². The highest BCUT2D eigenvalue weighted by Gasteiger charge is 2.22. The Labute approximate surface area is 95.0 Å². The highest BCUT2D eigenvalue weighted by atomic mass is 15.2. The van der Waals surface area contributed by atoms with Crippen molar-refractivity contribution in [1.29, 1.82) is 0 Å². The van der Waals surface area contributed by atoms with Gasteiger partial charge in [-0.3, -0.25) is 0 Å². The summed E-state index contributed by atoms with van der Waals surface area (Å²) in [5, 5.41) is 6.54. The summed E-state index contributed by atoms with van der Waals surface area (Å²) in [6.45, 7) is 2.79. The summed E-state index contributed by atoms with van der Waals surface area (Å²) in [7, 11) is 0. The lowest BCUT2D eigenvalue weighted by Crippen LogP contribution is -2.43. The van der Waals surface area contributed by atoms with Crippen LogP contribution in [0.1, 0.15) is 12.8 Å². The zero-order chi connectivity index (χ0) is 11.0. The lowest BCUT2D eigenvalue weighted by Gasteiger charge is -2.33. The molecule has 0 spiro atoms. The standard InChI is InChI=1S/C11H17N5/c12-8-2-1-5-16(6-8)9-3-4-13-11-10(9)14-7-15-11/h3-4,8,14H,1-2,5-7,12H2,(H,13,15). The van der Waals surface area contributed by atoms with Gasteiger partial charge in [0.15, 0.2) is 5.82 Å². The van der Waals surface area contributed by atoms with Gasteiger partial charge in [0, 0.05) is 25.3 Å². The first kappa shape index (κ1) is 9.72. The van der Waals surface area contributed by atoms with E-state index in [4.69, 9.17) is 5.73 Å². The highest BCUT2D eigenvalue weighted by Crippen LogP contribution is 2.35. The fourth-order valence-electron chi connectivity index (χ4n) is 2.47. The number of piperidine rings is 1. The molecule has 1 unspecified atom stereocenters. The number of nitrogens with zero attached hydrogens (tertiary/aromatic N) is 2. The molecule has 1 aromatic rings. The fraction of sp³-hybridized carbons (Fsp3) is 0.545. The molecule has 4 N–H and O–H groups in total. The van der Waals surface area contributed by atoms with E-state index in [2.05, 4.69) is 26.6 Å². The van der Waals surface area contributed by atoms with Crippen molar-refractivity contribution in [2.24, 2.45) is 5.73 Å². The van der Waals surface area contributed by atoms with Gasteiger partial charge >= 0.3 is 0 Å². The molecular weight excluding hydrogens is 202 g/mol. The molecule has 86 valence electrons. The van der Waals surface area contributed by atoms with Crippen LogP contribution in [0.15, 0.2) is 12.3 Å². The molecule has 0 radical (unpaired) electrons. The van der Waals surface area contributed by atoms with E-state index >= 15 is 0 Å². The molecule has 1 atom stereocenters. The number of aromatic nitrogens is 1. The predicted molar refractivity (Wildman–Crippen MR) is 65.8 cm³/mol. The maximum atomic E-state index is 6.01. The average molecular weight is 219 g/mol. The molecule has 0 amide bonds. The third-order valence-electron chi connectivity index (χ3n) is 3.25. The fourth-order valence-corrected chi connectivity index (χ4v) is 2.47. The van der Waals surface area contributed by atoms with Gasteiger partial charge in [0.2, 0.25) is 0 Å². The molecule has 2 aliphatic heterocycles. The van der Waals surface area contributed by atoms with Crippen LogP contribution < -0.4 is 21.3 Å². The molecule has 1 saturated heterocycles. The van der Waals surface area contributed by atoms with Crippen LogP contribution in [0.5, 0.6) is 0 Å². The van der Waals surface area contributed by atoms with Crippen LogP contribution in [0, 0.1) is 0 Å². The van der Waals surface area contributed by atoms with Crippen LogP contribution in [0.2, 0.25) is 0 Å². The van der Waals surface area contributed by atoms with Gasteiger partial charge in [-0.05, 0) is 18.9 Å². The Kier molecular flexibility index (Phi) is 2.32. The van der Waals surface area contributed by atoms with Crippen molar-refractivity contribution in [3.8, 4) is 0 Å². The van der Waals surface area contributed by atoms with Crippen molar-refractivity contribution < 1.29 is 0 Å². The van der Waals surface area contributed by atoms with Gasteiger partial charge in [-0.25, -0.2) is 4.98 Å². The number of hydrogen-bond donors (Lipinski definition) is 3. The molecule has 0 saturated carbocycles. The number of rotatable bonds is 1. The quantitative estimate of drug-likeness (QED) is 0.652. The summed E-state index contributed by atoms with van der Waals surface area (Å²) >= 11 is 0. The zero-order valence-electron chi connectivity index (χ0n) is 9.24. The van der Waals surface area contributed by atoms with Crippen molar-refractivity contribution in [1.82, 2.24) is 4.98 Å². The number of pyridine rings is 1. The molecule has 2 aliphatic rings. The minimum atomic E-state index is 0.298. The number of anilines is 3. The number of nitrogens with one attached hydrogen (secondary N) is 2. The van der Waals surface area contributed by atoms with Gasteiger partial charge in [0.05, 0.1) is 12.4 Å². The molecular formula is C11H17N5. The van der Waals surface area contributed by atoms with E-state index in [9.17, 15) is 0 Å². The minimum Gasteiger partial charge on any atom is -0.368 e. The van der Waals surface area contributed by atoms with E-state index in [0.29, 0.717) is 6.04 Å². The Balaban J connectivity index is 1.91. The number of hydrogen-bond acceptors (Lipinski definition) is 5. The summed E-state index contributed by atoms with van der Waals surface area (Å²) in [6.07, 6.45) is 4.16. The van der Waals surface area contributed by atoms with Gasteiger partial charge in [0.25, 0.3) is 0 Å². The summed E-state index contributed by atoms with van der Waals surface area (Å²) in [5.74, 6) is 0.955. The summed E-state index contributed by atoms with van der Waals surface area (Å²) in [6, 6.07) is 2.36. The second-order valence-electron chi connectivity index (χ2n) is 4.43. The molecule has 5 nitrogen and oxygen atoms in total. The topological polar surface area (TPSA) is 66.2 Å².